The molecule has 2 atom stereocenters. The van der Waals surface area contributed by atoms with Gasteiger partial charge < -0.3 is 10.6 Å². The fourth-order valence-electron chi connectivity index (χ4n) is 3.82. The first-order valence-electron chi connectivity index (χ1n) is 9.79. The summed E-state index contributed by atoms with van der Waals surface area (Å²) >= 11 is 11.8. The minimum atomic E-state index is -0.207. The van der Waals surface area contributed by atoms with Crippen LogP contribution in [0, 0.1) is 17.3 Å². The van der Waals surface area contributed by atoms with Crippen LogP contribution in [-0.2, 0) is 22.7 Å². The quantitative estimate of drug-likeness (QED) is 0.647. The van der Waals surface area contributed by atoms with Crippen LogP contribution in [0.25, 0.3) is 0 Å². The van der Waals surface area contributed by atoms with Gasteiger partial charge in [0.15, 0.2) is 0 Å². The lowest BCUT2D eigenvalue weighted by Crippen LogP contribution is -2.53. The van der Waals surface area contributed by atoms with Crippen LogP contribution in [0.3, 0.4) is 0 Å². The summed E-state index contributed by atoms with van der Waals surface area (Å²) in [5.41, 5.74) is 1.81. The van der Waals surface area contributed by atoms with Gasteiger partial charge in [0.2, 0.25) is 11.8 Å². The van der Waals surface area contributed by atoms with Gasteiger partial charge in [0.05, 0.1) is 0 Å². The molecule has 3 rings (SSSR count). The van der Waals surface area contributed by atoms with Crippen LogP contribution >= 0.6 is 23.2 Å². The highest BCUT2D eigenvalue weighted by Gasteiger charge is 2.51. The Morgan fingerprint density at radius 2 is 1.38 bits per heavy atom. The van der Waals surface area contributed by atoms with Crippen molar-refractivity contribution in [1.82, 2.24) is 10.6 Å². The van der Waals surface area contributed by atoms with Crippen molar-refractivity contribution in [3.8, 4) is 0 Å². The van der Waals surface area contributed by atoms with Gasteiger partial charge in [-0.2, -0.15) is 0 Å². The maximum atomic E-state index is 12.6. The molecular formula is C23H26Cl2N2O2. The molecule has 2 aromatic rings. The number of carbonyl (C=O) groups is 2. The predicted octanol–water partition coefficient (Wildman–Crippen LogP) is 4.98. The fraction of sp³-hybridized carbons (Fsp3) is 0.391. The topological polar surface area (TPSA) is 58.2 Å². The molecule has 2 aromatic carbocycles. The Labute approximate surface area is 182 Å². The minimum absolute atomic E-state index is 0.0121. The third-order valence-corrected chi connectivity index (χ3v) is 6.51. The summed E-state index contributed by atoms with van der Waals surface area (Å²) < 4.78 is 0. The highest BCUT2D eigenvalue weighted by Crippen LogP contribution is 2.52. The summed E-state index contributed by atoms with van der Waals surface area (Å²) in [7, 11) is 0. The largest absolute Gasteiger partial charge is 0.352 e. The van der Waals surface area contributed by atoms with E-state index >= 15 is 0 Å². The lowest BCUT2D eigenvalue weighted by molar-refractivity contribution is -0.144. The molecule has 154 valence electrons. The molecule has 0 saturated heterocycles. The van der Waals surface area contributed by atoms with Crippen molar-refractivity contribution in [3.63, 3.8) is 0 Å². The second kappa shape index (κ2) is 9.19. The summed E-state index contributed by atoms with van der Waals surface area (Å²) in [5, 5.41) is 7.32. The van der Waals surface area contributed by atoms with E-state index in [2.05, 4.69) is 24.5 Å². The fourth-order valence-corrected chi connectivity index (χ4v) is 4.07. The second-order valence-electron chi connectivity index (χ2n) is 8.26. The second-order valence-corrected chi connectivity index (χ2v) is 9.13. The smallest absolute Gasteiger partial charge is 0.223 e. The van der Waals surface area contributed by atoms with Crippen LogP contribution in [0.1, 0.15) is 37.8 Å². The van der Waals surface area contributed by atoms with Gasteiger partial charge in [-0.15, -0.1) is 0 Å². The molecule has 1 fully saturated rings. The van der Waals surface area contributed by atoms with Crippen molar-refractivity contribution >= 4 is 35.0 Å². The Hall–Kier alpha value is -2.04. The van der Waals surface area contributed by atoms with Gasteiger partial charge in [0.1, 0.15) is 0 Å². The molecule has 29 heavy (non-hydrogen) atoms. The molecule has 0 aliphatic heterocycles. The van der Waals surface area contributed by atoms with Gasteiger partial charge in [-0.1, -0.05) is 61.3 Å². The molecule has 4 nitrogen and oxygen atoms in total. The molecule has 0 unspecified atom stereocenters. The zero-order chi connectivity index (χ0) is 21.0. The van der Waals surface area contributed by atoms with E-state index in [4.69, 9.17) is 23.2 Å². The number of carbonyl (C=O) groups excluding carboxylic acids is 2. The minimum Gasteiger partial charge on any atom is -0.352 e. The van der Waals surface area contributed by atoms with E-state index in [1.165, 1.54) is 0 Å². The number of rotatable bonds is 7. The third kappa shape index (κ3) is 5.52. The Bertz CT molecular complexity index is 863. The lowest BCUT2D eigenvalue weighted by atomic mass is 9.53. The molecule has 2 N–H and O–H groups in total. The standard InChI is InChI=1S/C23H26Cl2N2O2/c1-23(2)17(12-21(28)26-13-15-3-7-18(24)8-4-15)11-20(23)22(29)27-14-16-5-9-19(25)10-6-16/h3-10,17,20H,11-14H2,1-2H3,(H,26,28)(H,27,29)/t17-,20-/m1/s1. The van der Waals surface area contributed by atoms with Crippen molar-refractivity contribution in [1.29, 1.82) is 0 Å². The highest BCUT2D eigenvalue weighted by atomic mass is 35.5. The molecule has 1 aliphatic rings. The van der Waals surface area contributed by atoms with Crippen molar-refractivity contribution in [3.05, 3.63) is 69.7 Å². The van der Waals surface area contributed by atoms with Crippen LogP contribution in [-0.4, -0.2) is 11.8 Å². The average Bonchev–Trinajstić information content (AvgIpc) is 2.69. The van der Waals surface area contributed by atoms with Gasteiger partial charge >= 0.3 is 0 Å². The molecular weight excluding hydrogens is 407 g/mol. The molecule has 1 aliphatic carbocycles. The van der Waals surface area contributed by atoms with Gasteiger partial charge in [-0.25, -0.2) is 0 Å². The van der Waals surface area contributed by atoms with Crippen molar-refractivity contribution in [2.75, 3.05) is 0 Å². The molecule has 0 bridgehead atoms. The van der Waals surface area contributed by atoms with Crippen molar-refractivity contribution in [2.24, 2.45) is 17.3 Å². The summed E-state index contributed by atoms with van der Waals surface area (Å²) in [6.45, 7) is 5.10. The summed E-state index contributed by atoms with van der Waals surface area (Å²) in [4.78, 5) is 24.9. The first kappa shape index (κ1) is 21.7. The molecule has 0 spiro atoms. The molecule has 6 heteroatoms. The van der Waals surface area contributed by atoms with Crippen molar-refractivity contribution < 1.29 is 9.59 Å². The van der Waals surface area contributed by atoms with Crippen molar-refractivity contribution in [2.45, 2.75) is 39.8 Å². The molecule has 1 saturated carbocycles. The zero-order valence-electron chi connectivity index (χ0n) is 16.7. The van der Waals surface area contributed by atoms with Gasteiger partial charge in [0.25, 0.3) is 0 Å². The molecule has 0 aromatic heterocycles. The maximum Gasteiger partial charge on any atom is 0.223 e. The number of halogens is 2. The number of hydrogen-bond donors (Lipinski definition) is 2. The monoisotopic (exact) mass is 432 g/mol. The summed E-state index contributed by atoms with van der Waals surface area (Å²) in [6, 6.07) is 14.9. The number of benzene rings is 2. The van der Waals surface area contributed by atoms with E-state index in [1.54, 1.807) is 0 Å². The van der Waals surface area contributed by atoms with E-state index in [0.717, 1.165) is 17.5 Å². The van der Waals surface area contributed by atoms with Crippen LogP contribution in [0.15, 0.2) is 48.5 Å². The lowest BCUT2D eigenvalue weighted by Gasteiger charge is -2.51. The Morgan fingerprint density at radius 1 is 0.897 bits per heavy atom. The van der Waals surface area contributed by atoms with Crippen LogP contribution in [0.2, 0.25) is 10.0 Å². The van der Waals surface area contributed by atoms with E-state index in [1.807, 2.05) is 48.5 Å². The maximum absolute atomic E-state index is 12.6. The summed E-state index contributed by atoms with van der Waals surface area (Å²) in [6.07, 6.45) is 1.16. The SMILES string of the molecule is CC1(C)[C@@H](CC(=O)NCc2ccc(Cl)cc2)C[C@@H]1C(=O)NCc1ccc(Cl)cc1. The van der Waals surface area contributed by atoms with Gasteiger partial charge in [0, 0.05) is 35.5 Å². The molecule has 2 amide bonds. The first-order chi connectivity index (χ1) is 13.8. The third-order valence-electron chi connectivity index (χ3n) is 6.00. The van der Waals surface area contributed by atoms with E-state index in [9.17, 15) is 9.59 Å². The zero-order valence-corrected chi connectivity index (χ0v) is 18.2. The van der Waals surface area contributed by atoms with Gasteiger partial charge in [-0.3, -0.25) is 9.59 Å². The predicted molar refractivity (Wildman–Crippen MR) is 117 cm³/mol. The number of hydrogen-bond acceptors (Lipinski definition) is 2. The normalized spacial score (nSPS) is 19.9. The van der Waals surface area contributed by atoms with Crippen LogP contribution < -0.4 is 10.6 Å². The van der Waals surface area contributed by atoms with E-state index in [-0.39, 0.29) is 29.1 Å². The average molecular weight is 433 g/mol. The Kier molecular flexibility index (Phi) is 6.86. The van der Waals surface area contributed by atoms with Crippen LogP contribution in [0.4, 0.5) is 0 Å². The molecule has 0 heterocycles. The molecule has 0 radical (unpaired) electrons. The van der Waals surface area contributed by atoms with E-state index < -0.39 is 0 Å². The number of amides is 2. The Balaban J connectivity index is 1.44. The van der Waals surface area contributed by atoms with Gasteiger partial charge in [-0.05, 0) is 53.1 Å². The highest BCUT2D eigenvalue weighted by molar-refractivity contribution is 6.30. The first-order valence-corrected chi connectivity index (χ1v) is 10.5. The Morgan fingerprint density at radius 3 is 1.86 bits per heavy atom. The summed E-state index contributed by atoms with van der Waals surface area (Å²) in [5.74, 6) is 0.170. The number of nitrogens with one attached hydrogen (secondary N) is 2. The van der Waals surface area contributed by atoms with E-state index in [0.29, 0.717) is 29.6 Å². The van der Waals surface area contributed by atoms with Crippen LogP contribution in [0.5, 0.6) is 0 Å².